The molecule has 0 radical (unpaired) electrons. The van der Waals surface area contributed by atoms with Crippen LogP contribution in [0.25, 0.3) is 0 Å². The van der Waals surface area contributed by atoms with Gasteiger partial charge >= 0.3 is 16.2 Å². The van der Waals surface area contributed by atoms with Gasteiger partial charge < -0.3 is 4.74 Å². The standard InChI is InChI=1S/C17H13F5O3S/c1-25-16(24)17(10-11-4-2-3-5-14(11)15(17)23)12-6-8-13(9-7-12)26(18,19,20,21)22/h2-9H,10H2,1H3. The first kappa shape index (κ1) is 18.4. The molecule has 0 aromatic heterocycles. The van der Waals surface area contributed by atoms with E-state index in [1.54, 1.807) is 18.2 Å². The number of methoxy groups -OCH3 is 1. The lowest BCUT2D eigenvalue weighted by molar-refractivity contribution is -0.145. The molecular formula is C17H13F5O3S. The van der Waals surface area contributed by atoms with E-state index in [-0.39, 0.29) is 29.7 Å². The number of hydrogen-bond acceptors (Lipinski definition) is 3. The summed E-state index contributed by atoms with van der Waals surface area (Å²) < 4.78 is 69.3. The monoisotopic (exact) mass is 392 g/mol. The zero-order chi connectivity index (χ0) is 19.4. The second-order valence-corrected chi connectivity index (χ2v) is 8.46. The van der Waals surface area contributed by atoms with Gasteiger partial charge in [-0.05, 0) is 23.3 Å². The Morgan fingerprint density at radius 1 is 1.00 bits per heavy atom. The van der Waals surface area contributed by atoms with Crippen molar-refractivity contribution in [3.8, 4) is 0 Å². The fourth-order valence-corrected chi connectivity index (χ4v) is 3.83. The molecule has 0 heterocycles. The Morgan fingerprint density at radius 2 is 1.58 bits per heavy atom. The van der Waals surface area contributed by atoms with Crippen molar-refractivity contribution in [2.45, 2.75) is 16.7 Å². The fourth-order valence-electron chi connectivity index (χ4n) is 3.18. The number of esters is 1. The molecule has 1 aliphatic carbocycles. The highest BCUT2D eigenvalue weighted by Crippen LogP contribution is 3.02. The molecule has 1 aliphatic rings. The lowest BCUT2D eigenvalue weighted by Crippen LogP contribution is -2.42. The van der Waals surface area contributed by atoms with Gasteiger partial charge in [-0.1, -0.05) is 55.8 Å². The maximum Gasteiger partial charge on any atom is 0.324 e. The van der Waals surface area contributed by atoms with Crippen molar-refractivity contribution in [1.82, 2.24) is 0 Å². The molecular weight excluding hydrogens is 379 g/mol. The van der Waals surface area contributed by atoms with E-state index in [1.165, 1.54) is 6.07 Å². The summed E-state index contributed by atoms with van der Waals surface area (Å²) in [6, 6.07) is 8.18. The first-order valence-corrected chi connectivity index (χ1v) is 9.30. The van der Waals surface area contributed by atoms with Crippen molar-refractivity contribution in [3.63, 3.8) is 0 Å². The van der Waals surface area contributed by atoms with Crippen molar-refractivity contribution < 1.29 is 33.8 Å². The summed E-state index contributed by atoms with van der Waals surface area (Å²) in [5.41, 5.74) is -1.25. The maximum atomic E-state index is 12.9. The zero-order valence-corrected chi connectivity index (χ0v) is 14.2. The van der Waals surface area contributed by atoms with Gasteiger partial charge in [0.15, 0.2) is 11.2 Å². The zero-order valence-electron chi connectivity index (χ0n) is 13.3. The van der Waals surface area contributed by atoms with Crippen molar-refractivity contribution in [2.75, 3.05) is 7.11 Å². The number of carbonyl (C=O) groups is 2. The molecule has 0 aliphatic heterocycles. The molecule has 1 unspecified atom stereocenters. The number of rotatable bonds is 3. The molecule has 0 spiro atoms. The van der Waals surface area contributed by atoms with E-state index in [1.807, 2.05) is 0 Å². The molecule has 2 aromatic rings. The average molecular weight is 392 g/mol. The first-order chi connectivity index (χ1) is 11.8. The van der Waals surface area contributed by atoms with Crippen LogP contribution >= 0.6 is 10.2 Å². The molecule has 26 heavy (non-hydrogen) atoms. The van der Waals surface area contributed by atoms with Gasteiger partial charge in [0.2, 0.25) is 0 Å². The molecule has 0 saturated heterocycles. The van der Waals surface area contributed by atoms with Crippen LogP contribution in [0.2, 0.25) is 0 Å². The summed E-state index contributed by atoms with van der Waals surface area (Å²) in [5, 5.41) is 0. The number of carbonyl (C=O) groups excluding carboxylic acids is 2. The molecule has 0 fully saturated rings. The van der Waals surface area contributed by atoms with E-state index in [0.717, 1.165) is 19.2 Å². The number of benzene rings is 2. The number of hydrogen-bond donors (Lipinski definition) is 0. The molecule has 9 heteroatoms. The fraction of sp³-hybridized carbons (Fsp3) is 0.176. The van der Waals surface area contributed by atoms with Crippen molar-refractivity contribution in [3.05, 3.63) is 65.2 Å². The summed E-state index contributed by atoms with van der Waals surface area (Å²) >= 11 is 0. The van der Waals surface area contributed by atoms with Crippen molar-refractivity contribution in [1.29, 1.82) is 0 Å². The van der Waals surface area contributed by atoms with Gasteiger partial charge in [0, 0.05) is 12.0 Å². The van der Waals surface area contributed by atoms with Gasteiger partial charge in [-0.3, -0.25) is 9.59 Å². The topological polar surface area (TPSA) is 43.4 Å². The SMILES string of the molecule is COC(=O)C1(c2ccc(S(F)(F)(F)(F)F)cc2)Cc2ccccc2C1=O. The van der Waals surface area contributed by atoms with E-state index in [2.05, 4.69) is 0 Å². The number of halogens is 5. The Labute approximate surface area is 145 Å². The van der Waals surface area contributed by atoms with Gasteiger partial charge in [0.1, 0.15) is 4.90 Å². The lowest BCUT2D eigenvalue weighted by atomic mass is 9.77. The highest BCUT2D eigenvalue weighted by molar-refractivity contribution is 8.45. The minimum Gasteiger partial charge on any atom is -0.468 e. The highest BCUT2D eigenvalue weighted by atomic mass is 32.5. The van der Waals surface area contributed by atoms with Crippen LogP contribution in [0.3, 0.4) is 0 Å². The minimum absolute atomic E-state index is 0.121. The molecule has 3 nitrogen and oxygen atoms in total. The lowest BCUT2D eigenvalue weighted by Gasteiger charge is -2.40. The third-order valence-corrected chi connectivity index (χ3v) is 5.59. The predicted molar refractivity (Wildman–Crippen MR) is 86.0 cm³/mol. The van der Waals surface area contributed by atoms with E-state index >= 15 is 0 Å². The molecule has 0 N–H and O–H groups in total. The molecule has 0 saturated carbocycles. The summed E-state index contributed by atoms with van der Waals surface area (Å²) in [7, 11) is -8.80. The number of fused-ring (bicyclic) bond motifs is 1. The van der Waals surface area contributed by atoms with Crippen LogP contribution < -0.4 is 0 Å². The van der Waals surface area contributed by atoms with E-state index in [0.29, 0.717) is 5.56 Å². The van der Waals surface area contributed by atoms with Crippen molar-refractivity contribution in [2.24, 2.45) is 0 Å². The van der Waals surface area contributed by atoms with Gasteiger partial charge in [-0.2, -0.15) is 0 Å². The third-order valence-electron chi connectivity index (χ3n) is 4.43. The van der Waals surface area contributed by atoms with Crippen LogP contribution in [-0.4, -0.2) is 18.9 Å². The summed E-state index contributed by atoms with van der Waals surface area (Å²) in [5.74, 6) is -1.60. The van der Waals surface area contributed by atoms with Crippen LogP contribution in [0.1, 0.15) is 21.5 Å². The second kappa shape index (κ2) is 4.85. The highest BCUT2D eigenvalue weighted by Gasteiger charge is 2.65. The molecule has 0 amide bonds. The maximum absolute atomic E-state index is 12.9. The predicted octanol–water partition coefficient (Wildman–Crippen LogP) is 5.19. The minimum atomic E-state index is -9.85. The van der Waals surface area contributed by atoms with E-state index < -0.39 is 32.3 Å². The molecule has 1 atom stereocenters. The number of Topliss-reactive ketones (excluding diaryl/α,β-unsaturated/α-hetero) is 1. The third kappa shape index (κ3) is 2.76. The van der Waals surface area contributed by atoms with Crippen LogP contribution in [-0.2, 0) is 21.4 Å². The van der Waals surface area contributed by atoms with Gasteiger partial charge in [0.25, 0.3) is 0 Å². The van der Waals surface area contributed by atoms with Gasteiger partial charge in [-0.25, -0.2) is 0 Å². The van der Waals surface area contributed by atoms with Crippen LogP contribution in [0.5, 0.6) is 0 Å². The molecule has 2 aromatic carbocycles. The van der Waals surface area contributed by atoms with Crippen LogP contribution in [0.15, 0.2) is 53.4 Å². The average Bonchev–Trinajstić information content (AvgIpc) is 2.86. The molecule has 0 bridgehead atoms. The Hall–Kier alpha value is -2.42. The quantitative estimate of drug-likeness (QED) is 0.410. The van der Waals surface area contributed by atoms with Gasteiger partial charge in [0.05, 0.1) is 7.11 Å². The van der Waals surface area contributed by atoms with Crippen LogP contribution in [0, 0.1) is 0 Å². The normalized spacial score (nSPS) is 22.3. The Kier molecular flexibility index (Phi) is 3.42. The number of ketones is 1. The summed E-state index contributed by atoms with van der Waals surface area (Å²) in [6.45, 7) is 0. The number of ether oxygens (including phenoxy) is 1. The summed E-state index contributed by atoms with van der Waals surface area (Å²) in [4.78, 5) is 23.2. The molecule has 3 rings (SSSR count). The summed E-state index contributed by atoms with van der Waals surface area (Å²) in [6.07, 6.45) is -0.121. The van der Waals surface area contributed by atoms with Crippen LogP contribution in [0.4, 0.5) is 19.4 Å². The molecule has 140 valence electrons. The Morgan fingerprint density at radius 3 is 2.08 bits per heavy atom. The first-order valence-electron chi connectivity index (χ1n) is 7.35. The van der Waals surface area contributed by atoms with Crippen molar-refractivity contribution >= 4 is 22.0 Å². The second-order valence-electron chi connectivity index (χ2n) is 6.05. The Bertz CT molecular complexity index is 922. The van der Waals surface area contributed by atoms with Gasteiger partial charge in [-0.15, -0.1) is 0 Å². The van der Waals surface area contributed by atoms with E-state index in [9.17, 15) is 29.0 Å². The van der Waals surface area contributed by atoms with E-state index in [4.69, 9.17) is 4.74 Å². The smallest absolute Gasteiger partial charge is 0.324 e. The largest absolute Gasteiger partial charge is 0.468 e. The Balaban J connectivity index is 2.16.